The lowest BCUT2D eigenvalue weighted by molar-refractivity contribution is -0.142. The summed E-state index contributed by atoms with van der Waals surface area (Å²) in [5.74, 6) is -1.67. The zero-order chi connectivity index (χ0) is 12.6. The first kappa shape index (κ1) is 11.1. The molecule has 2 N–H and O–H groups in total. The van der Waals surface area contributed by atoms with Crippen molar-refractivity contribution in [3.63, 3.8) is 0 Å². The maximum absolute atomic E-state index is 11.7. The second kappa shape index (κ2) is 3.89. The molecule has 0 aromatic heterocycles. The lowest BCUT2D eigenvalue weighted by Crippen LogP contribution is -2.45. The smallest absolute Gasteiger partial charge is 0.408 e. The van der Waals surface area contributed by atoms with E-state index in [-0.39, 0.29) is 16.9 Å². The minimum Gasteiger partial charge on any atom is -0.479 e. The van der Waals surface area contributed by atoms with E-state index in [1.54, 1.807) is 12.1 Å². The summed E-state index contributed by atoms with van der Waals surface area (Å²) < 4.78 is 0. The van der Waals surface area contributed by atoms with Crippen LogP contribution in [0.1, 0.15) is 22.0 Å². The third-order valence-electron chi connectivity index (χ3n) is 2.66. The maximum Gasteiger partial charge on any atom is 0.408 e. The number of fused-ring (bicyclic) bond motifs is 1. The Morgan fingerprint density at radius 2 is 1.88 bits per heavy atom. The van der Waals surface area contributed by atoms with E-state index < -0.39 is 24.6 Å². The van der Waals surface area contributed by atoms with Gasteiger partial charge in [0.1, 0.15) is 0 Å². The number of hydrogen-bond acceptors (Lipinski definition) is 3. The number of hydrogen-bond donors (Lipinski definition) is 2. The largest absolute Gasteiger partial charge is 0.479 e. The van der Waals surface area contributed by atoms with Gasteiger partial charge in [0.15, 0.2) is 11.8 Å². The Bertz CT molecular complexity index is 510. The molecule has 17 heavy (non-hydrogen) atoms. The van der Waals surface area contributed by atoms with E-state index in [0.717, 1.165) is 0 Å². The van der Waals surface area contributed by atoms with Crippen molar-refractivity contribution < 1.29 is 24.6 Å². The van der Waals surface area contributed by atoms with Gasteiger partial charge in [-0.05, 0) is 5.56 Å². The molecule has 1 amide bonds. The number of nitrogens with zero attached hydrogens (tertiary/aromatic N) is 1. The van der Waals surface area contributed by atoms with Crippen molar-refractivity contribution in [2.75, 3.05) is 6.54 Å². The van der Waals surface area contributed by atoms with Gasteiger partial charge in [0, 0.05) is 5.56 Å². The standard InChI is InChI=1S/C11H9NO5/c13-8-5-12(11(16)17)9(10(14)15)7-4-2-1-3-6(7)8/h1-4,9H,5H2,(H,14,15)(H,16,17). The highest BCUT2D eigenvalue weighted by molar-refractivity contribution is 6.04. The number of ketones is 1. The highest BCUT2D eigenvalue weighted by Gasteiger charge is 2.39. The third kappa shape index (κ3) is 1.73. The summed E-state index contributed by atoms with van der Waals surface area (Å²) in [6.45, 7) is -0.427. The Kier molecular flexibility index (Phi) is 2.55. The molecular weight excluding hydrogens is 226 g/mol. The first-order chi connectivity index (χ1) is 8.02. The van der Waals surface area contributed by atoms with Gasteiger partial charge in [-0.25, -0.2) is 9.59 Å². The van der Waals surface area contributed by atoms with Crippen molar-refractivity contribution in [1.82, 2.24) is 4.90 Å². The number of carboxylic acids is 1. The van der Waals surface area contributed by atoms with Crippen LogP contribution in [-0.2, 0) is 4.79 Å². The third-order valence-corrected chi connectivity index (χ3v) is 2.66. The van der Waals surface area contributed by atoms with Crippen molar-refractivity contribution in [2.45, 2.75) is 6.04 Å². The van der Waals surface area contributed by atoms with Gasteiger partial charge in [0.2, 0.25) is 0 Å². The summed E-state index contributed by atoms with van der Waals surface area (Å²) in [4.78, 5) is 34.4. The van der Waals surface area contributed by atoms with E-state index in [4.69, 9.17) is 10.2 Å². The van der Waals surface area contributed by atoms with Crippen LogP contribution in [0.2, 0.25) is 0 Å². The molecule has 1 aliphatic heterocycles. The molecule has 1 atom stereocenters. The second-order valence-electron chi connectivity index (χ2n) is 3.66. The summed E-state index contributed by atoms with van der Waals surface area (Å²) >= 11 is 0. The van der Waals surface area contributed by atoms with E-state index in [9.17, 15) is 14.4 Å². The summed E-state index contributed by atoms with van der Waals surface area (Å²) in [6, 6.07) is 4.84. The number of aliphatic carboxylic acids is 1. The Hall–Kier alpha value is -2.37. The van der Waals surface area contributed by atoms with Crippen LogP contribution in [0.4, 0.5) is 4.79 Å². The predicted molar refractivity (Wildman–Crippen MR) is 55.9 cm³/mol. The average Bonchev–Trinajstić information content (AvgIpc) is 2.28. The lowest BCUT2D eigenvalue weighted by Gasteiger charge is -2.31. The zero-order valence-electron chi connectivity index (χ0n) is 8.66. The molecule has 6 heteroatoms. The lowest BCUT2D eigenvalue weighted by atomic mass is 9.92. The van der Waals surface area contributed by atoms with Gasteiger partial charge >= 0.3 is 12.1 Å². The minimum atomic E-state index is -1.42. The maximum atomic E-state index is 11.7. The van der Waals surface area contributed by atoms with E-state index in [1.165, 1.54) is 12.1 Å². The van der Waals surface area contributed by atoms with Crippen molar-refractivity contribution in [3.05, 3.63) is 35.4 Å². The summed E-state index contributed by atoms with van der Waals surface area (Å²) in [7, 11) is 0. The number of benzene rings is 1. The number of carboxylic acid groups (broad SMARTS) is 2. The molecule has 0 spiro atoms. The average molecular weight is 235 g/mol. The number of carbonyl (C=O) groups excluding carboxylic acids is 1. The van der Waals surface area contributed by atoms with Crippen LogP contribution in [0.25, 0.3) is 0 Å². The molecule has 1 aromatic rings. The van der Waals surface area contributed by atoms with Crippen LogP contribution in [0.3, 0.4) is 0 Å². The molecule has 1 heterocycles. The first-order valence-corrected chi connectivity index (χ1v) is 4.87. The van der Waals surface area contributed by atoms with E-state index in [1.807, 2.05) is 0 Å². The zero-order valence-corrected chi connectivity index (χ0v) is 8.66. The Balaban J connectivity index is 2.58. The first-order valence-electron chi connectivity index (χ1n) is 4.87. The van der Waals surface area contributed by atoms with Gasteiger partial charge < -0.3 is 10.2 Å². The fourth-order valence-electron chi connectivity index (χ4n) is 1.93. The van der Waals surface area contributed by atoms with Crippen molar-refractivity contribution in [1.29, 1.82) is 0 Å². The molecule has 0 aliphatic carbocycles. The van der Waals surface area contributed by atoms with Crippen LogP contribution in [0.5, 0.6) is 0 Å². The number of amides is 1. The number of rotatable bonds is 1. The number of carbonyl (C=O) groups is 3. The molecule has 2 rings (SSSR count). The summed E-state index contributed by atoms with van der Waals surface area (Å²) in [5, 5.41) is 18.0. The van der Waals surface area contributed by atoms with E-state index in [2.05, 4.69) is 0 Å². The summed E-state index contributed by atoms with van der Waals surface area (Å²) in [6.07, 6.45) is -1.42. The van der Waals surface area contributed by atoms with Gasteiger partial charge in [0.25, 0.3) is 0 Å². The van der Waals surface area contributed by atoms with Gasteiger partial charge in [0.05, 0.1) is 6.54 Å². The normalized spacial score (nSPS) is 18.7. The van der Waals surface area contributed by atoms with Gasteiger partial charge in [-0.1, -0.05) is 24.3 Å². The van der Waals surface area contributed by atoms with Crippen molar-refractivity contribution in [3.8, 4) is 0 Å². The molecule has 1 aromatic carbocycles. The molecule has 6 nitrogen and oxygen atoms in total. The molecule has 0 saturated carbocycles. The molecule has 0 radical (unpaired) electrons. The van der Waals surface area contributed by atoms with E-state index >= 15 is 0 Å². The Labute approximate surface area is 96.1 Å². The van der Waals surface area contributed by atoms with Crippen LogP contribution >= 0.6 is 0 Å². The van der Waals surface area contributed by atoms with E-state index in [0.29, 0.717) is 4.90 Å². The van der Waals surface area contributed by atoms with Crippen LogP contribution in [0, 0.1) is 0 Å². The topological polar surface area (TPSA) is 94.9 Å². The fourth-order valence-corrected chi connectivity index (χ4v) is 1.93. The molecule has 0 bridgehead atoms. The van der Waals surface area contributed by atoms with Gasteiger partial charge in [-0.15, -0.1) is 0 Å². The van der Waals surface area contributed by atoms with Crippen molar-refractivity contribution in [2.24, 2.45) is 0 Å². The Morgan fingerprint density at radius 1 is 1.24 bits per heavy atom. The second-order valence-corrected chi connectivity index (χ2v) is 3.66. The SMILES string of the molecule is O=C1CN(C(=O)O)C(C(=O)O)c2ccccc21. The monoisotopic (exact) mass is 235 g/mol. The fraction of sp³-hybridized carbons (Fsp3) is 0.182. The highest BCUT2D eigenvalue weighted by atomic mass is 16.4. The van der Waals surface area contributed by atoms with Gasteiger partial charge in [-0.2, -0.15) is 0 Å². The van der Waals surface area contributed by atoms with Crippen molar-refractivity contribution >= 4 is 17.8 Å². The molecule has 88 valence electrons. The Morgan fingerprint density at radius 3 is 2.47 bits per heavy atom. The number of Topliss-reactive ketones (excluding diaryl/α,β-unsaturated/α-hetero) is 1. The van der Waals surface area contributed by atoms with Crippen LogP contribution in [0.15, 0.2) is 24.3 Å². The molecule has 0 saturated heterocycles. The highest BCUT2D eigenvalue weighted by Crippen LogP contribution is 2.29. The molecule has 1 unspecified atom stereocenters. The van der Waals surface area contributed by atoms with Gasteiger partial charge in [-0.3, -0.25) is 9.69 Å². The molecular formula is C11H9NO5. The quantitative estimate of drug-likeness (QED) is 0.756. The van der Waals surface area contributed by atoms with Crippen LogP contribution < -0.4 is 0 Å². The predicted octanol–water partition coefficient (Wildman–Crippen LogP) is 0.989. The molecule has 0 fully saturated rings. The molecule has 1 aliphatic rings. The van der Waals surface area contributed by atoms with Crippen LogP contribution in [-0.4, -0.2) is 39.5 Å². The summed E-state index contributed by atoms with van der Waals surface area (Å²) in [5.41, 5.74) is 0.496. The minimum absolute atomic E-state index is 0.221.